The van der Waals surface area contributed by atoms with Gasteiger partial charge < -0.3 is 5.11 Å². The zero-order valence-electron chi connectivity index (χ0n) is 13.4. The Kier molecular flexibility index (Phi) is 6.72. The van der Waals surface area contributed by atoms with Crippen LogP contribution in [-0.2, 0) is 11.2 Å². The molecular formula is C15H26N4O2S. The minimum absolute atomic E-state index is 0.0336. The van der Waals surface area contributed by atoms with Crippen molar-refractivity contribution in [1.82, 2.24) is 15.1 Å². The van der Waals surface area contributed by atoms with Crippen LogP contribution in [0.5, 0.6) is 0 Å². The minimum atomic E-state index is -0.251. The minimum Gasteiger partial charge on any atom is -0.393 e. The number of nitrogens with zero attached hydrogens (tertiary/aromatic N) is 3. The van der Waals surface area contributed by atoms with Gasteiger partial charge >= 0.3 is 0 Å². The van der Waals surface area contributed by atoms with Crippen LogP contribution in [0.25, 0.3) is 0 Å². The van der Waals surface area contributed by atoms with Gasteiger partial charge in [-0.25, -0.2) is 0 Å². The Bertz CT molecular complexity index is 470. The number of hydrogen-bond donors (Lipinski definition) is 2. The van der Waals surface area contributed by atoms with Crippen LogP contribution in [0.3, 0.4) is 0 Å². The second-order valence-electron chi connectivity index (χ2n) is 6.01. The van der Waals surface area contributed by atoms with Gasteiger partial charge in [-0.15, -0.1) is 10.2 Å². The third kappa shape index (κ3) is 5.30. The van der Waals surface area contributed by atoms with Gasteiger partial charge in [-0.3, -0.25) is 15.0 Å². The molecule has 1 aliphatic rings. The summed E-state index contributed by atoms with van der Waals surface area (Å²) in [6.45, 7) is 6.10. The Morgan fingerprint density at radius 3 is 2.82 bits per heavy atom. The molecule has 0 saturated carbocycles. The molecule has 22 heavy (non-hydrogen) atoms. The number of piperidine rings is 1. The molecule has 1 aromatic heterocycles. The number of aliphatic hydroxyl groups is 1. The van der Waals surface area contributed by atoms with Gasteiger partial charge in [0.15, 0.2) is 0 Å². The largest absolute Gasteiger partial charge is 0.393 e. The van der Waals surface area contributed by atoms with Crippen LogP contribution in [0.15, 0.2) is 0 Å². The molecule has 7 heteroatoms. The maximum absolute atomic E-state index is 12.1. The van der Waals surface area contributed by atoms with E-state index in [0.29, 0.717) is 17.6 Å². The van der Waals surface area contributed by atoms with Crippen molar-refractivity contribution in [2.24, 2.45) is 5.92 Å². The van der Waals surface area contributed by atoms with Gasteiger partial charge in [-0.05, 0) is 45.2 Å². The molecule has 6 nitrogen and oxygen atoms in total. The first kappa shape index (κ1) is 17.3. The van der Waals surface area contributed by atoms with Crippen molar-refractivity contribution in [2.75, 3.05) is 25.0 Å². The number of unbranched alkanes of at least 4 members (excludes halogenated alkanes) is 1. The fourth-order valence-corrected chi connectivity index (χ4v) is 3.49. The average molecular weight is 326 g/mol. The van der Waals surface area contributed by atoms with Gasteiger partial charge in [0.05, 0.1) is 12.6 Å². The molecule has 0 aromatic carbocycles. The smallest absolute Gasteiger partial charge is 0.240 e. The van der Waals surface area contributed by atoms with Crippen molar-refractivity contribution < 1.29 is 9.90 Å². The molecule has 1 atom stereocenters. The topological polar surface area (TPSA) is 78.4 Å². The Labute approximate surface area is 135 Å². The number of hydrogen-bond acceptors (Lipinski definition) is 6. The number of anilines is 1. The Morgan fingerprint density at radius 2 is 2.18 bits per heavy atom. The van der Waals surface area contributed by atoms with Crippen LogP contribution >= 0.6 is 11.3 Å². The number of carbonyl (C=O) groups excluding carboxylic acids is 1. The fraction of sp³-hybridized carbons (Fsp3) is 0.800. The predicted molar refractivity (Wildman–Crippen MR) is 88.0 cm³/mol. The highest BCUT2D eigenvalue weighted by atomic mass is 32.1. The Balaban J connectivity index is 1.73. The zero-order valence-corrected chi connectivity index (χ0v) is 14.2. The summed E-state index contributed by atoms with van der Waals surface area (Å²) >= 11 is 1.46. The SMILES string of the molecule is CCCCc1nnc(NC(=O)CN2CCC(C(C)O)CC2)s1. The van der Waals surface area contributed by atoms with Crippen LogP contribution in [0, 0.1) is 5.92 Å². The van der Waals surface area contributed by atoms with E-state index < -0.39 is 0 Å². The molecule has 1 aromatic rings. The molecule has 0 aliphatic carbocycles. The van der Waals surface area contributed by atoms with Crippen LogP contribution in [0.4, 0.5) is 5.13 Å². The lowest BCUT2D eigenvalue weighted by molar-refractivity contribution is -0.117. The maximum atomic E-state index is 12.1. The van der Waals surface area contributed by atoms with E-state index in [-0.39, 0.29) is 12.0 Å². The molecule has 1 fully saturated rings. The number of aliphatic hydroxyl groups excluding tert-OH is 1. The van der Waals surface area contributed by atoms with E-state index in [2.05, 4.69) is 27.3 Å². The van der Waals surface area contributed by atoms with Crippen LogP contribution < -0.4 is 5.32 Å². The van der Waals surface area contributed by atoms with Crippen LogP contribution in [-0.4, -0.2) is 51.8 Å². The van der Waals surface area contributed by atoms with Crippen molar-refractivity contribution in [3.05, 3.63) is 5.01 Å². The van der Waals surface area contributed by atoms with Gasteiger partial charge in [-0.2, -0.15) is 0 Å². The van der Waals surface area contributed by atoms with Gasteiger partial charge in [0, 0.05) is 6.42 Å². The van der Waals surface area contributed by atoms with E-state index in [1.54, 1.807) is 0 Å². The third-order valence-electron chi connectivity index (χ3n) is 4.14. The van der Waals surface area contributed by atoms with E-state index in [9.17, 15) is 9.90 Å². The van der Waals surface area contributed by atoms with Gasteiger partial charge in [-0.1, -0.05) is 24.7 Å². The second kappa shape index (κ2) is 8.55. The monoisotopic (exact) mass is 326 g/mol. The molecule has 0 spiro atoms. The third-order valence-corrected chi connectivity index (χ3v) is 5.04. The lowest BCUT2D eigenvalue weighted by atomic mass is 9.92. The zero-order chi connectivity index (χ0) is 15.9. The number of amides is 1. The number of aromatic nitrogens is 2. The van der Waals surface area contributed by atoms with Gasteiger partial charge in [0.1, 0.15) is 5.01 Å². The van der Waals surface area contributed by atoms with Crippen molar-refractivity contribution in [2.45, 2.75) is 52.1 Å². The van der Waals surface area contributed by atoms with Gasteiger partial charge in [0.2, 0.25) is 11.0 Å². The number of aryl methyl sites for hydroxylation is 1. The molecule has 1 saturated heterocycles. The molecule has 1 unspecified atom stereocenters. The van der Waals surface area contributed by atoms with Crippen molar-refractivity contribution in [1.29, 1.82) is 0 Å². The molecule has 2 rings (SSSR count). The maximum Gasteiger partial charge on any atom is 0.240 e. The molecule has 1 amide bonds. The quantitative estimate of drug-likeness (QED) is 0.800. The summed E-state index contributed by atoms with van der Waals surface area (Å²) < 4.78 is 0. The first-order valence-corrected chi connectivity index (χ1v) is 8.92. The number of rotatable bonds is 7. The number of carbonyl (C=O) groups is 1. The summed E-state index contributed by atoms with van der Waals surface area (Å²) in [5.41, 5.74) is 0. The first-order valence-electron chi connectivity index (χ1n) is 8.11. The average Bonchev–Trinajstić information content (AvgIpc) is 2.93. The highest BCUT2D eigenvalue weighted by molar-refractivity contribution is 7.15. The van der Waals surface area contributed by atoms with Crippen LogP contribution in [0.2, 0.25) is 0 Å². The summed E-state index contributed by atoms with van der Waals surface area (Å²) in [6, 6.07) is 0. The van der Waals surface area contributed by atoms with Crippen LogP contribution in [0.1, 0.15) is 44.5 Å². The first-order chi connectivity index (χ1) is 10.6. The van der Waals surface area contributed by atoms with Crippen molar-refractivity contribution in [3.8, 4) is 0 Å². The molecule has 0 bridgehead atoms. The van der Waals surface area contributed by atoms with Crippen molar-refractivity contribution in [3.63, 3.8) is 0 Å². The summed E-state index contributed by atoms with van der Waals surface area (Å²) in [7, 11) is 0. The molecule has 2 N–H and O–H groups in total. The summed E-state index contributed by atoms with van der Waals surface area (Å²) in [6.07, 6.45) is 4.80. The van der Waals surface area contributed by atoms with Crippen molar-refractivity contribution >= 4 is 22.4 Å². The fourth-order valence-electron chi connectivity index (χ4n) is 2.69. The van der Waals surface area contributed by atoms with E-state index in [4.69, 9.17) is 0 Å². The van der Waals surface area contributed by atoms with E-state index >= 15 is 0 Å². The Morgan fingerprint density at radius 1 is 1.45 bits per heavy atom. The molecule has 0 radical (unpaired) electrons. The molecule has 1 aliphatic heterocycles. The second-order valence-corrected chi connectivity index (χ2v) is 7.07. The van der Waals surface area contributed by atoms with E-state index in [1.807, 2.05) is 6.92 Å². The summed E-state index contributed by atoms with van der Waals surface area (Å²) in [5, 5.41) is 22.1. The Hall–Kier alpha value is -1.05. The summed E-state index contributed by atoms with van der Waals surface area (Å²) in [5.74, 6) is 0.331. The van der Waals surface area contributed by atoms with E-state index in [0.717, 1.165) is 50.2 Å². The predicted octanol–water partition coefficient (Wildman–Crippen LogP) is 1.91. The summed E-state index contributed by atoms with van der Waals surface area (Å²) in [4.78, 5) is 14.2. The lowest BCUT2D eigenvalue weighted by Crippen LogP contribution is -2.41. The normalized spacial score (nSPS) is 18.3. The molecule has 2 heterocycles. The molecular weight excluding hydrogens is 300 g/mol. The van der Waals surface area contributed by atoms with Gasteiger partial charge in [0.25, 0.3) is 0 Å². The lowest BCUT2D eigenvalue weighted by Gasteiger charge is -2.32. The molecule has 124 valence electrons. The highest BCUT2D eigenvalue weighted by Gasteiger charge is 2.23. The number of likely N-dealkylation sites (tertiary alicyclic amines) is 1. The standard InChI is InChI=1S/C15H26N4O2S/c1-3-4-5-14-17-18-15(22-14)16-13(21)10-19-8-6-12(7-9-19)11(2)20/h11-12,20H,3-10H2,1-2H3,(H,16,18,21). The van der Waals surface area contributed by atoms with E-state index in [1.165, 1.54) is 11.3 Å². The number of nitrogens with one attached hydrogen (secondary N) is 1. The highest BCUT2D eigenvalue weighted by Crippen LogP contribution is 2.21.